The van der Waals surface area contributed by atoms with Crippen molar-refractivity contribution in [2.45, 2.75) is 62.9 Å². The first-order chi connectivity index (χ1) is 8.13. The van der Waals surface area contributed by atoms with E-state index in [-0.39, 0.29) is 6.42 Å². The number of carbonyl (C=O) groups excluding carboxylic acids is 1. The van der Waals surface area contributed by atoms with E-state index in [0.717, 1.165) is 38.4 Å². The molecule has 0 aromatic heterocycles. The maximum atomic E-state index is 10.9. The van der Waals surface area contributed by atoms with Gasteiger partial charge < -0.3 is 19.4 Å². The van der Waals surface area contributed by atoms with Crippen LogP contribution in [-0.4, -0.2) is 35.4 Å². The van der Waals surface area contributed by atoms with Gasteiger partial charge in [-0.1, -0.05) is 6.42 Å². The lowest BCUT2D eigenvalue weighted by Crippen LogP contribution is -2.50. The Morgan fingerprint density at radius 2 is 2.00 bits per heavy atom. The molecule has 0 radical (unpaired) electrons. The quantitative estimate of drug-likeness (QED) is 0.759. The molecule has 5 heteroatoms. The molecule has 2 unspecified atom stereocenters. The van der Waals surface area contributed by atoms with Gasteiger partial charge >= 0.3 is 5.97 Å². The molecule has 1 N–H and O–H groups in total. The van der Waals surface area contributed by atoms with Gasteiger partial charge in [-0.25, -0.2) is 0 Å². The molecule has 0 bridgehead atoms. The number of carboxylic acid groups (broad SMARTS) is 1. The highest BCUT2D eigenvalue weighted by molar-refractivity contribution is 5.67. The van der Waals surface area contributed by atoms with Crippen molar-refractivity contribution in [2.75, 3.05) is 0 Å². The third-order valence-electron chi connectivity index (χ3n) is 3.41. The summed E-state index contributed by atoms with van der Waals surface area (Å²) in [5.41, 5.74) is 0. The minimum absolute atomic E-state index is 0.0601. The fourth-order valence-corrected chi connectivity index (χ4v) is 2.69. The fraction of sp³-hybridized carbons (Fsp3) is 0.833. The van der Waals surface area contributed by atoms with Gasteiger partial charge in [-0.3, -0.25) is 4.79 Å². The maximum Gasteiger partial charge on any atom is 0.305 e. The van der Waals surface area contributed by atoms with Crippen LogP contribution in [0.2, 0.25) is 0 Å². The van der Waals surface area contributed by atoms with Gasteiger partial charge in [-0.15, -0.1) is 0 Å². The zero-order chi connectivity index (χ0) is 12.3. The molecule has 1 saturated carbocycles. The molecule has 5 nitrogen and oxygen atoms in total. The Balaban J connectivity index is 2.05. The van der Waals surface area contributed by atoms with Gasteiger partial charge in [0, 0.05) is 19.3 Å². The molecule has 0 aromatic carbocycles. The predicted octanol–water partition coefficient (Wildman–Crippen LogP) is 1.49. The summed E-state index contributed by atoms with van der Waals surface area (Å²) in [6, 6.07) is 0. The topological polar surface area (TPSA) is 72.8 Å². The standard InChI is InChI=1S/C12H18O5/c13-8-10-6-9(7-11(14)15)16-12(17-10)4-2-1-3-5-12/h8-10H,1-7H2,(H,14,15). The van der Waals surface area contributed by atoms with E-state index < -0.39 is 24.0 Å². The van der Waals surface area contributed by atoms with Crippen molar-refractivity contribution in [1.82, 2.24) is 0 Å². The summed E-state index contributed by atoms with van der Waals surface area (Å²) in [6.45, 7) is 0. The van der Waals surface area contributed by atoms with E-state index in [1.807, 2.05) is 0 Å². The van der Waals surface area contributed by atoms with Gasteiger partial charge in [0.15, 0.2) is 5.79 Å². The van der Waals surface area contributed by atoms with Crippen LogP contribution in [0.5, 0.6) is 0 Å². The number of hydrogen-bond acceptors (Lipinski definition) is 4. The Morgan fingerprint density at radius 3 is 2.59 bits per heavy atom. The van der Waals surface area contributed by atoms with E-state index in [1.165, 1.54) is 0 Å². The normalized spacial score (nSPS) is 32.2. The molecule has 17 heavy (non-hydrogen) atoms. The summed E-state index contributed by atoms with van der Waals surface area (Å²) in [4.78, 5) is 21.6. The number of ether oxygens (including phenoxy) is 2. The zero-order valence-corrected chi connectivity index (χ0v) is 9.76. The van der Waals surface area contributed by atoms with Crippen molar-refractivity contribution < 1.29 is 24.2 Å². The van der Waals surface area contributed by atoms with Crippen LogP contribution in [-0.2, 0) is 19.1 Å². The van der Waals surface area contributed by atoms with E-state index in [1.54, 1.807) is 0 Å². The van der Waals surface area contributed by atoms with Crippen LogP contribution < -0.4 is 0 Å². The second-order valence-corrected chi connectivity index (χ2v) is 4.84. The molecule has 2 fully saturated rings. The Kier molecular flexibility index (Phi) is 3.79. The number of rotatable bonds is 3. The summed E-state index contributed by atoms with van der Waals surface area (Å²) in [5, 5.41) is 8.80. The Labute approximate surface area is 100 Å². The molecule has 1 spiro atoms. The monoisotopic (exact) mass is 242 g/mol. The minimum atomic E-state index is -0.896. The molecule has 2 aliphatic rings. The van der Waals surface area contributed by atoms with Crippen molar-refractivity contribution >= 4 is 12.3 Å². The van der Waals surface area contributed by atoms with Gasteiger partial charge in [0.1, 0.15) is 12.4 Å². The van der Waals surface area contributed by atoms with Gasteiger partial charge in [0.25, 0.3) is 0 Å². The number of hydrogen-bond donors (Lipinski definition) is 1. The maximum absolute atomic E-state index is 10.9. The third kappa shape index (κ3) is 3.04. The van der Waals surface area contributed by atoms with Crippen LogP contribution in [0, 0.1) is 0 Å². The molecule has 2 rings (SSSR count). The number of aldehydes is 1. The van der Waals surface area contributed by atoms with Gasteiger partial charge in [-0.05, 0) is 12.8 Å². The summed E-state index contributed by atoms with van der Waals surface area (Å²) < 4.78 is 11.5. The summed E-state index contributed by atoms with van der Waals surface area (Å²) >= 11 is 0. The van der Waals surface area contributed by atoms with Crippen LogP contribution in [0.4, 0.5) is 0 Å². The molecule has 1 saturated heterocycles. The second kappa shape index (κ2) is 5.14. The Hall–Kier alpha value is -0.940. The average Bonchev–Trinajstić information content (AvgIpc) is 2.28. The number of carboxylic acids is 1. The molecular formula is C12H18O5. The van der Waals surface area contributed by atoms with Gasteiger partial charge in [0.2, 0.25) is 0 Å². The molecule has 0 amide bonds. The number of aliphatic carboxylic acids is 1. The third-order valence-corrected chi connectivity index (χ3v) is 3.41. The molecule has 2 atom stereocenters. The summed E-state index contributed by atoms with van der Waals surface area (Å²) in [7, 11) is 0. The van der Waals surface area contributed by atoms with Crippen molar-refractivity contribution in [3.63, 3.8) is 0 Å². The van der Waals surface area contributed by atoms with E-state index >= 15 is 0 Å². The van der Waals surface area contributed by atoms with Crippen LogP contribution >= 0.6 is 0 Å². The van der Waals surface area contributed by atoms with Gasteiger partial charge in [-0.2, -0.15) is 0 Å². The van der Waals surface area contributed by atoms with E-state index in [0.29, 0.717) is 6.42 Å². The number of carbonyl (C=O) groups is 2. The lowest BCUT2D eigenvalue weighted by molar-refractivity contribution is -0.320. The first kappa shape index (κ1) is 12.5. The highest BCUT2D eigenvalue weighted by Gasteiger charge is 2.43. The zero-order valence-electron chi connectivity index (χ0n) is 9.76. The SMILES string of the molecule is O=CC1CC(CC(=O)O)OC2(CCCCC2)O1. The first-order valence-corrected chi connectivity index (χ1v) is 6.16. The van der Waals surface area contributed by atoms with Crippen molar-refractivity contribution in [3.8, 4) is 0 Å². The summed E-state index contributed by atoms with van der Waals surface area (Å²) in [6.07, 6.45) is 4.78. The van der Waals surface area contributed by atoms with Crippen LogP contribution in [0.3, 0.4) is 0 Å². The molecule has 1 aliphatic heterocycles. The van der Waals surface area contributed by atoms with E-state index in [2.05, 4.69) is 0 Å². The summed E-state index contributed by atoms with van der Waals surface area (Å²) in [5.74, 6) is -1.60. The smallest absolute Gasteiger partial charge is 0.305 e. The van der Waals surface area contributed by atoms with Crippen molar-refractivity contribution in [2.24, 2.45) is 0 Å². The highest BCUT2D eigenvalue weighted by atomic mass is 16.7. The van der Waals surface area contributed by atoms with Crippen LogP contribution in [0.25, 0.3) is 0 Å². The fourth-order valence-electron chi connectivity index (χ4n) is 2.69. The highest BCUT2D eigenvalue weighted by Crippen LogP contribution is 2.39. The lowest BCUT2D eigenvalue weighted by atomic mass is 9.91. The van der Waals surface area contributed by atoms with Crippen molar-refractivity contribution in [3.05, 3.63) is 0 Å². The Bertz CT molecular complexity index is 295. The van der Waals surface area contributed by atoms with Crippen LogP contribution in [0.1, 0.15) is 44.9 Å². The molecule has 96 valence electrons. The largest absolute Gasteiger partial charge is 0.481 e. The van der Waals surface area contributed by atoms with Crippen molar-refractivity contribution in [1.29, 1.82) is 0 Å². The average molecular weight is 242 g/mol. The van der Waals surface area contributed by atoms with E-state index in [4.69, 9.17) is 14.6 Å². The van der Waals surface area contributed by atoms with Gasteiger partial charge in [0.05, 0.1) is 12.5 Å². The first-order valence-electron chi connectivity index (χ1n) is 6.16. The molecule has 0 aromatic rings. The Morgan fingerprint density at radius 1 is 1.29 bits per heavy atom. The van der Waals surface area contributed by atoms with Crippen LogP contribution in [0.15, 0.2) is 0 Å². The minimum Gasteiger partial charge on any atom is -0.481 e. The second-order valence-electron chi connectivity index (χ2n) is 4.84. The molecule has 1 aliphatic carbocycles. The molecular weight excluding hydrogens is 224 g/mol. The predicted molar refractivity (Wildman–Crippen MR) is 58.5 cm³/mol. The molecule has 1 heterocycles. The lowest BCUT2D eigenvalue weighted by Gasteiger charge is -2.45. The van der Waals surface area contributed by atoms with E-state index in [9.17, 15) is 9.59 Å².